The smallest absolute Gasteiger partial charge is 0.172 e. The number of nitriles is 1. The number of allylic oxidation sites excluding steroid dienone is 1. The summed E-state index contributed by atoms with van der Waals surface area (Å²) in [6, 6.07) is 18.0. The molecule has 0 spiro atoms. The topological polar surface area (TPSA) is 77.1 Å². The van der Waals surface area contributed by atoms with Crippen LogP contribution in [0.1, 0.15) is 23.9 Å². The van der Waals surface area contributed by atoms with Crippen LogP contribution in [-0.2, 0) is 13.0 Å². The molecule has 1 unspecified atom stereocenters. The van der Waals surface area contributed by atoms with Crippen LogP contribution in [0.3, 0.4) is 0 Å². The van der Waals surface area contributed by atoms with Crippen LogP contribution in [0.25, 0.3) is 16.6 Å². The van der Waals surface area contributed by atoms with E-state index < -0.39 is 0 Å². The normalized spacial score (nSPS) is 18.7. The van der Waals surface area contributed by atoms with E-state index in [1.54, 1.807) is 0 Å². The predicted octanol–water partition coefficient (Wildman–Crippen LogP) is 2.39. The fourth-order valence-corrected chi connectivity index (χ4v) is 3.68. The number of para-hydroxylation sites is 2. The molecule has 2 aromatic carbocycles. The third-order valence-electron chi connectivity index (χ3n) is 5.27. The molecule has 0 fully saturated rings. The molecule has 0 aliphatic carbocycles. The summed E-state index contributed by atoms with van der Waals surface area (Å²) in [4.78, 5) is 8.86. The molecule has 3 aromatic rings. The Morgan fingerprint density at radius 3 is 2.69 bits per heavy atom. The Kier molecular flexibility index (Phi) is 4.19. The molecule has 5 heteroatoms. The van der Waals surface area contributed by atoms with Crippen molar-refractivity contribution in [1.82, 2.24) is 9.97 Å². The Morgan fingerprint density at radius 2 is 1.92 bits per heavy atom. The molecule has 130 valence electrons. The van der Waals surface area contributed by atoms with E-state index in [0.717, 1.165) is 30.5 Å². The summed E-state index contributed by atoms with van der Waals surface area (Å²) in [5.41, 5.74) is 4.56. The highest BCUT2D eigenvalue weighted by Gasteiger charge is 2.29. The Labute approximate surface area is 152 Å². The number of H-pyrrole nitrogens is 1. The van der Waals surface area contributed by atoms with Crippen molar-refractivity contribution < 1.29 is 10.0 Å². The van der Waals surface area contributed by atoms with Gasteiger partial charge in [-0.25, -0.2) is 4.98 Å². The van der Waals surface area contributed by atoms with E-state index in [1.807, 2.05) is 31.2 Å². The summed E-state index contributed by atoms with van der Waals surface area (Å²) in [5.74, 6) is 0.524. The van der Waals surface area contributed by atoms with E-state index >= 15 is 0 Å². The zero-order valence-corrected chi connectivity index (χ0v) is 14.7. The lowest BCUT2D eigenvalue weighted by Gasteiger charge is -2.30. The molecule has 0 amide bonds. The van der Waals surface area contributed by atoms with Crippen LogP contribution in [0.15, 0.2) is 54.3 Å². The van der Waals surface area contributed by atoms with Crippen LogP contribution in [-0.4, -0.2) is 27.7 Å². The van der Waals surface area contributed by atoms with Crippen molar-refractivity contribution in [1.29, 1.82) is 5.26 Å². The summed E-state index contributed by atoms with van der Waals surface area (Å²) in [6.45, 7) is 3.75. The highest BCUT2D eigenvalue weighted by molar-refractivity contribution is 5.82. The van der Waals surface area contributed by atoms with Gasteiger partial charge in [-0.1, -0.05) is 36.4 Å². The third kappa shape index (κ3) is 2.85. The molecule has 26 heavy (non-hydrogen) atoms. The van der Waals surface area contributed by atoms with Crippen molar-refractivity contribution >= 4 is 16.6 Å². The number of fused-ring (bicyclic) bond motifs is 2. The summed E-state index contributed by atoms with van der Waals surface area (Å²) >= 11 is 0. The van der Waals surface area contributed by atoms with Gasteiger partial charge in [-0.05, 0) is 24.6 Å². The van der Waals surface area contributed by atoms with Crippen molar-refractivity contribution in [3.05, 3.63) is 71.2 Å². The van der Waals surface area contributed by atoms with E-state index in [2.05, 4.69) is 40.3 Å². The number of nitrogens with one attached hydrogen (secondary N) is 2. The molecular formula is C21H21N4O+. The molecule has 0 bridgehead atoms. The first-order valence-electron chi connectivity index (χ1n) is 8.87. The van der Waals surface area contributed by atoms with Crippen LogP contribution >= 0.6 is 0 Å². The van der Waals surface area contributed by atoms with E-state index in [4.69, 9.17) is 0 Å². The lowest BCUT2D eigenvalue weighted by molar-refractivity contribution is -0.934. The molecule has 4 rings (SSSR count). The van der Waals surface area contributed by atoms with Crippen molar-refractivity contribution in [2.45, 2.75) is 25.9 Å². The van der Waals surface area contributed by atoms with Gasteiger partial charge in [0.25, 0.3) is 0 Å². The number of aromatic nitrogens is 2. The number of aromatic amines is 1. The van der Waals surface area contributed by atoms with E-state index in [1.165, 1.54) is 16.0 Å². The van der Waals surface area contributed by atoms with Crippen molar-refractivity contribution in [2.24, 2.45) is 0 Å². The van der Waals surface area contributed by atoms with Crippen LogP contribution in [0.5, 0.6) is 0 Å². The Balaban J connectivity index is 1.65. The summed E-state index contributed by atoms with van der Waals surface area (Å²) in [6.07, 6.45) is 0.982. The SMILES string of the molecule is C[C@@H](/C(O)=C(\C#N)c1nc2ccccc2[nH]1)[NH+]1CCc2ccccc2C1. The number of nitrogens with zero attached hydrogens (tertiary/aromatic N) is 2. The number of aliphatic hydroxyl groups excluding tert-OH is 1. The molecule has 3 N–H and O–H groups in total. The van der Waals surface area contributed by atoms with Gasteiger partial charge < -0.3 is 15.0 Å². The molecule has 0 saturated carbocycles. The molecule has 5 nitrogen and oxygen atoms in total. The van der Waals surface area contributed by atoms with Gasteiger partial charge in [0.2, 0.25) is 0 Å². The lowest BCUT2D eigenvalue weighted by Crippen LogP contribution is -3.15. The Morgan fingerprint density at radius 1 is 1.19 bits per heavy atom. The van der Waals surface area contributed by atoms with Crippen molar-refractivity contribution in [3.63, 3.8) is 0 Å². The first kappa shape index (κ1) is 16.4. The number of benzene rings is 2. The minimum Gasteiger partial charge on any atom is -0.505 e. The molecule has 0 radical (unpaired) electrons. The van der Waals surface area contributed by atoms with Gasteiger partial charge in [-0.2, -0.15) is 5.26 Å². The number of aliphatic hydroxyl groups is 1. The van der Waals surface area contributed by atoms with Gasteiger partial charge in [0, 0.05) is 12.0 Å². The van der Waals surface area contributed by atoms with Crippen LogP contribution in [0.2, 0.25) is 0 Å². The standard InChI is InChI=1S/C21H20N4O/c1-14(25-11-10-15-6-2-3-7-16(15)13-25)20(26)17(12-22)21-23-18-8-4-5-9-19(18)24-21/h2-9,14,26H,10-11,13H2,1H3,(H,23,24)/p+1/b20-17-/t14-/m0/s1. The van der Waals surface area contributed by atoms with Gasteiger partial charge in [0.1, 0.15) is 24.2 Å². The molecular weight excluding hydrogens is 324 g/mol. The van der Waals surface area contributed by atoms with Gasteiger partial charge in [-0.3, -0.25) is 0 Å². The van der Waals surface area contributed by atoms with Gasteiger partial charge in [0.05, 0.1) is 17.6 Å². The first-order chi connectivity index (χ1) is 12.7. The molecule has 1 aliphatic heterocycles. The number of hydrogen-bond acceptors (Lipinski definition) is 3. The molecule has 1 aromatic heterocycles. The Hall–Kier alpha value is -3.10. The fourth-order valence-electron chi connectivity index (χ4n) is 3.68. The minimum atomic E-state index is -0.175. The number of rotatable bonds is 3. The second-order valence-corrected chi connectivity index (χ2v) is 6.80. The highest BCUT2D eigenvalue weighted by atomic mass is 16.3. The summed E-state index contributed by atoms with van der Waals surface area (Å²) in [7, 11) is 0. The van der Waals surface area contributed by atoms with Crippen LogP contribution in [0, 0.1) is 11.3 Å². The van der Waals surface area contributed by atoms with E-state index in [9.17, 15) is 10.4 Å². The largest absolute Gasteiger partial charge is 0.505 e. The molecule has 2 atom stereocenters. The maximum Gasteiger partial charge on any atom is 0.172 e. The monoisotopic (exact) mass is 345 g/mol. The molecule has 0 saturated heterocycles. The molecule has 1 aliphatic rings. The van der Waals surface area contributed by atoms with Crippen LogP contribution < -0.4 is 4.90 Å². The second kappa shape index (κ2) is 6.66. The number of imidazole rings is 1. The summed E-state index contributed by atoms with van der Waals surface area (Å²) < 4.78 is 0. The quantitative estimate of drug-likeness (QED) is 0.504. The minimum absolute atomic E-state index is 0.0981. The third-order valence-corrected chi connectivity index (χ3v) is 5.27. The maximum absolute atomic E-state index is 10.8. The second-order valence-electron chi connectivity index (χ2n) is 6.80. The van der Waals surface area contributed by atoms with Gasteiger partial charge >= 0.3 is 0 Å². The lowest BCUT2D eigenvalue weighted by atomic mass is 9.98. The Bertz CT molecular complexity index is 995. The predicted molar refractivity (Wildman–Crippen MR) is 100 cm³/mol. The van der Waals surface area contributed by atoms with Gasteiger partial charge in [0.15, 0.2) is 11.6 Å². The highest BCUT2D eigenvalue weighted by Crippen LogP contribution is 2.20. The zero-order chi connectivity index (χ0) is 18.1. The average molecular weight is 345 g/mol. The van der Waals surface area contributed by atoms with Crippen molar-refractivity contribution in [3.8, 4) is 6.07 Å². The van der Waals surface area contributed by atoms with Gasteiger partial charge in [-0.15, -0.1) is 0 Å². The number of hydrogen-bond donors (Lipinski definition) is 3. The summed E-state index contributed by atoms with van der Waals surface area (Å²) in [5, 5.41) is 20.5. The first-order valence-corrected chi connectivity index (χ1v) is 8.87. The van der Waals surface area contributed by atoms with Crippen LogP contribution in [0.4, 0.5) is 0 Å². The maximum atomic E-state index is 10.8. The van der Waals surface area contributed by atoms with Crippen molar-refractivity contribution in [2.75, 3.05) is 6.54 Å². The van der Waals surface area contributed by atoms with E-state index in [0.29, 0.717) is 5.82 Å². The average Bonchev–Trinajstić information content (AvgIpc) is 3.11. The number of quaternary nitrogens is 1. The van der Waals surface area contributed by atoms with E-state index in [-0.39, 0.29) is 17.4 Å². The molecule has 2 heterocycles. The zero-order valence-electron chi connectivity index (χ0n) is 14.7. The fraction of sp³-hybridized carbons (Fsp3) is 0.238.